The summed E-state index contributed by atoms with van der Waals surface area (Å²) in [5.41, 5.74) is -6.47. The summed E-state index contributed by atoms with van der Waals surface area (Å²) in [6, 6.07) is 0.459. The van der Waals surface area contributed by atoms with Gasteiger partial charge in [0.2, 0.25) is 21.8 Å². The van der Waals surface area contributed by atoms with Gasteiger partial charge in [-0.05, 0) is 64.5 Å². The fraction of sp³-hybridized carbons (Fsp3) is 0.583. The highest BCUT2D eigenvalue weighted by molar-refractivity contribution is 7.91. The molecule has 3 N–H and O–H groups in total. The molecule has 0 bridgehead atoms. The van der Waals surface area contributed by atoms with Crippen molar-refractivity contribution in [1.29, 1.82) is 0 Å². The average molecular weight is 838 g/mol. The van der Waals surface area contributed by atoms with E-state index in [0.29, 0.717) is 18.9 Å². The first-order valence-electron chi connectivity index (χ1n) is 17.7. The van der Waals surface area contributed by atoms with Crippen LogP contribution >= 0.6 is 0 Å². The fourth-order valence-corrected chi connectivity index (χ4v) is 7.39. The number of hydrogen-bond acceptors (Lipinski definition) is 10. The monoisotopic (exact) mass is 837 g/mol. The Hall–Kier alpha value is -4.82. The second-order valence-electron chi connectivity index (χ2n) is 16.1. The molecule has 1 aliphatic heterocycles. The van der Waals surface area contributed by atoms with E-state index < -0.39 is 122 Å². The predicted octanol–water partition coefficient (Wildman–Crippen LogP) is 5.50. The molecule has 0 radical (unpaired) electrons. The number of carbonyl (C=O) groups excluding carboxylic acids is 4. The van der Waals surface area contributed by atoms with E-state index >= 15 is 0 Å². The van der Waals surface area contributed by atoms with Gasteiger partial charge in [-0.25, -0.2) is 18.2 Å². The number of nitrogens with zero attached hydrogens (tertiary/aromatic N) is 2. The summed E-state index contributed by atoms with van der Waals surface area (Å²) < 4.78 is 124. The molecule has 1 saturated carbocycles. The van der Waals surface area contributed by atoms with E-state index in [2.05, 4.69) is 26.9 Å². The van der Waals surface area contributed by atoms with Gasteiger partial charge in [0, 0.05) is 17.9 Å². The van der Waals surface area contributed by atoms with E-state index in [0.717, 1.165) is 23.1 Å². The number of alkyl carbamates (subject to hydrolysis) is 1. The van der Waals surface area contributed by atoms with Crippen LogP contribution in [0.3, 0.4) is 0 Å². The molecule has 57 heavy (non-hydrogen) atoms. The van der Waals surface area contributed by atoms with E-state index in [4.69, 9.17) is 9.47 Å². The van der Waals surface area contributed by atoms with Crippen molar-refractivity contribution in [2.45, 2.75) is 121 Å². The highest BCUT2D eigenvalue weighted by atomic mass is 32.2. The van der Waals surface area contributed by atoms with Crippen molar-refractivity contribution in [3.8, 4) is 11.5 Å². The molecule has 316 valence electrons. The quantitative estimate of drug-likeness (QED) is 0.183. The number of nitrogens with one attached hydrogen (secondary N) is 3. The third kappa shape index (κ3) is 11.4. The first-order valence-corrected chi connectivity index (χ1v) is 19.2. The number of benzene rings is 1. The second kappa shape index (κ2) is 15.8. The minimum absolute atomic E-state index is 0.290. The van der Waals surface area contributed by atoms with Crippen LogP contribution in [0.15, 0.2) is 36.9 Å². The van der Waals surface area contributed by atoms with Crippen LogP contribution in [0.25, 0.3) is 10.9 Å². The highest BCUT2D eigenvalue weighted by Gasteiger charge is 2.49. The van der Waals surface area contributed by atoms with Crippen LogP contribution in [0.5, 0.6) is 11.5 Å². The van der Waals surface area contributed by atoms with Crippen LogP contribution < -0.4 is 24.8 Å². The van der Waals surface area contributed by atoms with Gasteiger partial charge in [-0.1, -0.05) is 32.9 Å². The summed E-state index contributed by atoms with van der Waals surface area (Å²) in [6.45, 7) is 13.8. The van der Waals surface area contributed by atoms with Crippen molar-refractivity contribution >= 4 is 44.7 Å². The topological polar surface area (TPSA) is 182 Å². The normalized spacial score (nSPS) is 19.6. The molecule has 0 unspecified atom stereocenters. The molecule has 4 atom stereocenters. The van der Waals surface area contributed by atoms with Crippen LogP contribution in [0, 0.1) is 5.41 Å². The Kier molecular flexibility index (Phi) is 12.5. The molecule has 1 aliphatic carbocycles. The Balaban J connectivity index is 1.77. The maximum Gasteiger partial charge on any atom is 0.573 e. The molecule has 2 heterocycles. The summed E-state index contributed by atoms with van der Waals surface area (Å²) in [5.74, 6) is -4.66. The minimum atomic E-state index is -5.30. The standard InChI is InChI=1S/C36H45F6N5O9S/c1-9-15-34(8,30(50)46-57(52,53)20-13-14-20)45-28(48)22-16-19(18-47(22)29(49)27(32(2,3)4)44-31(51)56-33(5,6)7)54-24-17-25(35(37,38)39)43-26-21(24)11-10-12-23(26)55-36(40,41)42/h9-12,17,19-20,22,27H,1,13-16,18H2,2-8H3,(H,44,51)(H,45,48)(H,46,50)/t19-,22+,27-,34+/m1/s1. The zero-order valence-electron chi connectivity index (χ0n) is 32.2. The number of pyridine rings is 1. The van der Waals surface area contributed by atoms with Crippen molar-refractivity contribution in [3.63, 3.8) is 0 Å². The molecule has 21 heteroatoms. The summed E-state index contributed by atoms with van der Waals surface area (Å²) in [6.07, 6.45) is -11.6. The third-order valence-electron chi connectivity index (χ3n) is 8.85. The van der Waals surface area contributed by atoms with Crippen molar-refractivity contribution in [2.75, 3.05) is 6.54 Å². The average Bonchev–Trinajstić information content (AvgIpc) is 3.82. The summed E-state index contributed by atoms with van der Waals surface area (Å²) in [5, 5.41) is 3.88. The van der Waals surface area contributed by atoms with E-state index in [1.165, 1.54) is 13.0 Å². The van der Waals surface area contributed by atoms with E-state index in [1.54, 1.807) is 41.5 Å². The van der Waals surface area contributed by atoms with Crippen molar-refractivity contribution < 1.29 is 68.1 Å². The number of para-hydroxylation sites is 1. The van der Waals surface area contributed by atoms with Gasteiger partial charge >= 0.3 is 18.6 Å². The van der Waals surface area contributed by atoms with Gasteiger partial charge in [0.1, 0.15) is 46.3 Å². The molecule has 4 amide bonds. The van der Waals surface area contributed by atoms with Gasteiger partial charge in [-0.15, -0.1) is 19.8 Å². The SMILES string of the molecule is C=CC[C@](C)(NC(=O)[C@@H]1C[C@@H](Oc2cc(C(F)(F)F)nc3c(OC(F)(F)F)cccc23)CN1C(=O)[C@@H](NC(=O)OC(C)(C)C)C(C)(C)C)C(=O)NS(=O)(=O)C1CC1. The number of halogens is 6. The van der Waals surface area contributed by atoms with Gasteiger partial charge < -0.3 is 29.7 Å². The Morgan fingerprint density at radius 3 is 2.16 bits per heavy atom. The van der Waals surface area contributed by atoms with Crippen molar-refractivity contribution in [3.05, 3.63) is 42.6 Å². The largest absolute Gasteiger partial charge is 0.573 e. The van der Waals surface area contributed by atoms with Gasteiger partial charge in [0.25, 0.3) is 5.91 Å². The maximum absolute atomic E-state index is 14.4. The van der Waals surface area contributed by atoms with Crippen molar-refractivity contribution in [2.24, 2.45) is 5.41 Å². The Morgan fingerprint density at radius 1 is 1.00 bits per heavy atom. The molecule has 2 fully saturated rings. The lowest BCUT2D eigenvalue weighted by Gasteiger charge is -2.36. The zero-order valence-corrected chi connectivity index (χ0v) is 33.0. The summed E-state index contributed by atoms with van der Waals surface area (Å²) in [4.78, 5) is 59.3. The molecule has 4 rings (SSSR count). The molecule has 0 spiro atoms. The Bertz CT molecular complexity index is 2010. The first-order chi connectivity index (χ1) is 25.9. The predicted molar refractivity (Wildman–Crippen MR) is 192 cm³/mol. The number of carbonyl (C=O) groups is 4. The smallest absolute Gasteiger partial charge is 0.488 e. The maximum atomic E-state index is 14.4. The highest BCUT2D eigenvalue weighted by Crippen LogP contribution is 2.40. The number of hydrogen-bond donors (Lipinski definition) is 3. The van der Waals surface area contributed by atoms with E-state index in [-0.39, 0.29) is 11.8 Å². The molecule has 2 aromatic rings. The number of rotatable bonds is 12. The third-order valence-corrected chi connectivity index (χ3v) is 10.7. The first kappa shape index (κ1) is 44.9. The number of aromatic nitrogens is 1. The number of amides is 4. The molecular formula is C36H45F6N5O9S. The van der Waals surface area contributed by atoms with E-state index in [9.17, 15) is 53.9 Å². The van der Waals surface area contributed by atoms with Crippen molar-refractivity contribution in [1.82, 2.24) is 25.2 Å². The molecule has 1 aromatic heterocycles. The zero-order chi connectivity index (χ0) is 43.1. The number of alkyl halides is 6. The lowest BCUT2D eigenvalue weighted by molar-refractivity contribution is -0.274. The lowest BCUT2D eigenvalue weighted by atomic mass is 9.85. The molecule has 1 aromatic carbocycles. The lowest BCUT2D eigenvalue weighted by Crippen LogP contribution is -2.62. The molecule has 1 saturated heterocycles. The molecular weight excluding hydrogens is 792 g/mol. The van der Waals surface area contributed by atoms with Crippen LogP contribution in [0.4, 0.5) is 31.1 Å². The number of fused-ring (bicyclic) bond motifs is 1. The minimum Gasteiger partial charge on any atom is -0.488 e. The second-order valence-corrected chi connectivity index (χ2v) is 18.1. The van der Waals surface area contributed by atoms with Crippen LogP contribution in [-0.2, 0) is 35.3 Å². The van der Waals surface area contributed by atoms with Gasteiger partial charge in [0.15, 0.2) is 5.75 Å². The number of sulfonamides is 1. The van der Waals surface area contributed by atoms with Crippen LogP contribution in [0.1, 0.15) is 79.8 Å². The van der Waals surface area contributed by atoms with Gasteiger partial charge in [0.05, 0.1) is 11.8 Å². The number of likely N-dealkylation sites (tertiary alicyclic amines) is 1. The molecule has 2 aliphatic rings. The Labute approximate surface area is 325 Å². The van der Waals surface area contributed by atoms with E-state index in [1.807, 2.05) is 4.72 Å². The van der Waals surface area contributed by atoms with Gasteiger partial charge in [-0.3, -0.25) is 19.1 Å². The van der Waals surface area contributed by atoms with Crippen LogP contribution in [0.2, 0.25) is 0 Å². The fourth-order valence-electron chi connectivity index (χ4n) is 5.98. The van der Waals surface area contributed by atoms with Gasteiger partial charge in [-0.2, -0.15) is 13.2 Å². The van der Waals surface area contributed by atoms with Crippen LogP contribution in [-0.4, -0.2) is 89.6 Å². The summed E-state index contributed by atoms with van der Waals surface area (Å²) in [7, 11) is -4.09. The molecule has 14 nitrogen and oxygen atoms in total. The summed E-state index contributed by atoms with van der Waals surface area (Å²) >= 11 is 0. The Morgan fingerprint density at radius 2 is 1.63 bits per heavy atom. The number of ether oxygens (including phenoxy) is 3.